The van der Waals surface area contributed by atoms with Crippen LogP contribution in [0.15, 0.2) is 36.8 Å². The number of benzene rings is 1. The third kappa shape index (κ3) is 5.16. The monoisotopic (exact) mass is 398 g/mol. The highest BCUT2D eigenvalue weighted by atomic mass is 16.6. The second kappa shape index (κ2) is 8.27. The molecule has 0 atom stereocenters. The Morgan fingerprint density at radius 1 is 1.21 bits per heavy atom. The molecule has 2 amide bonds. The van der Waals surface area contributed by atoms with Crippen molar-refractivity contribution in [1.29, 1.82) is 0 Å². The number of imidazole rings is 1. The van der Waals surface area contributed by atoms with Crippen LogP contribution in [0, 0.1) is 6.92 Å². The van der Waals surface area contributed by atoms with Crippen LogP contribution in [0.1, 0.15) is 39.2 Å². The number of amides is 2. The second-order valence-electron chi connectivity index (χ2n) is 8.63. The number of likely N-dealkylation sites (tertiary alicyclic amines) is 1. The molecule has 0 radical (unpaired) electrons. The predicted molar refractivity (Wildman–Crippen MR) is 112 cm³/mol. The molecule has 1 aromatic heterocycles. The average molecular weight is 399 g/mol. The highest BCUT2D eigenvalue weighted by molar-refractivity contribution is 5.78. The standard InChI is InChI=1S/C22H30N4O3/c1-16-7-6-8-17(13-16)19-14-26(15-23-19)20(27)24(5)18-9-11-25(12-10-18)21(28)29-22(2,3)4/h6-8,13-15,18H,9-12H2,1-5H3. The summed E-state index contributed by atoms with van der Waals surface area (Å²) in [4.78, 5) is 33.0. The lowest BCUT2D eigenvalue weighted by molar-refractivity contribution is 0.0172. The van der Waals surface area contributed by atoms with E-state index in [1.807, 2.05) is 59.0 Å². The molecular weight excluding hydrogens is 368 g/mol. The van der Waals surface area contributed by atoms with Crippen molar-refractivity contribution in [3.63, 3.8) is 0 Å². The molecule has 2 heterocycles. The molecule has 7 nitrogen and oxygen atoms in total. The van der Waals surface area contributed by atoms with Crippen molar-refractivity contribution in [2.45, 2.75) is 52.2 Å². The maximum atomic E-state index is 12.9. The average Bonchev–Trinajstić information content (AvgIpc) is 3.16. The summed E-state index contributed by atoms with van der Waals surface area (Å²) in [6.07, 6.45) is 4.49. The van der Waals surface area contributed by atoms with Crippen molar-refractivity contribution in [3.05, 3.63) is 42.4 Å². The quantitative estimate of drug-likeness (QED) is 0.762. The fourth-order valence-electron chi connectivity index (χ4n) is 3.48. The molecule has 156 valence electrons. The molecule has 29 heavy (non-hydrogen) atoms. The van der Waals surface area contributed by atoms with Gasteiger partial charge < -0.3 is 14.5 Å². The van der Waals surface area contributed by atoms with Crippen molar-refractivity contribution >= 4 is 12.1 Å². The topological polar surface area (TPSA) is 67.7 Å². The molecule has 7 heteroatoms. The number of aromatic nitrogens is 2. The maximum absolute atomic E-state index is 12.9. The summed E-state index contributed by atoms with van der Waals surface area (Å²) in [7, 11) is 1.81. The van der Waals surface area contributed by atoms with Crippen LogP contribution in [-0.4, -0.2) is 63.3 Å². The van der Waals surface area contributed by atoms with Crippen molar-refractivity contribution in [3.8, 4) is 11.3 Å². The Kier molecular flexibility index (Phi) is 5.96. The number of aryl methyl sites for hydroxylation is 1. The summed E-state index contributed by atoms with van der Waals surface area (Å²) >= 11 is 0. The summed E-state index contributed by atoms with van der Waals surface area (Å²) in [5, 5.41) is 0. The molecule has 3 rings (SSSR count). The van der Waals surface area contributed by atoms with Gasteiger partial charge in [0, 0.05) is 37.9 Å². The van der Waals surface area contributed by atoms with E-state index < -0.39 is 5.60 Å². The zero-order valence-electron chi connectivity index (χ0n) is 17.9. The van der Waals surface area contributed by atoms with Gasteiger partial charge in [-0.05, 0) is 46.6 Å². The highest BCUT2D eigenvalue weighted by Crippen LogP contribution is 2.21. The molecule has 0 N–H and O–H groups in total. The van der Waals surface area contributed by atoms with Crippen molar-refractivity contribution in [2.24, 2.45) is 0 Å². The van der Waals surface area contributed by atoms with Crippen LogP contribution >= 0.6 is 0 Å². The lowest BCUT2D eigenvalue weighted by Gasteiger charge is -2.37. The molecule has 0 spiro atoms. The normalized spacial score (nSPS) is 15.3. The number of rotatable bonds is 2. The number of carbonyl (C=O) groups is 2. The van der Waals surface area contributed by atoms with Gasteiger partial charge in [0.15, 0.2) is 0 Å². The lowest BCUT2D eigenvalue weighted by Crippen LogP contribution is -2.49. The van der Waals surface area contributed by atoms with Gasteiger partial charge in [-0.2, -0.15) is 0 Å². The van der Waals surface area contributed by atoms with Crippen molar-refractivity contribution in [1.82, 2.24) is 19.4 Å². The molecule has 1 saturated heterocycles. The van der Waals surface area contributed by atoms with E-state index in [0.29, 0.717) is 13.1 Å². The summed E-state index contributed by atoms with van der Waals surface area (Å²) in [5.74, 6) is 0. The molecule has 0 bridgehead atoms. The number of carbonyl (C=O) groups excluding carboxylic acids is 2. The Hall–Kier alpha value is -2.83. The van der Waals surface area contributed by atoms with Gasteiger partial charge in [-0.25, -0.2) is 14.6 Å². The number of nitrogens with zero attached hydrogens (tertiary/aromatic N) is 4. The minimum Gasteiger partial charge on any atom is -0.444 e. The minimum atomic E-state index is -0.503. The van der Waals surface area contributed by atoms with Crippen LogP contribution in [-0.2, 0) is 4.74 Å². The SMILES string of the molecule is Cc1cccc(-c2cn(C(=O)N(C)C3CCN(C(=O)OC(C)(C)C)CC3)cn2)c1. The van der Waals surface area contributed by atoms with Crippen molar-refractivity contribution in [2.75, 3.05) is 20.1 Å². The van der Waals surface area contributed by atoms with E-state index in [4.69, 9.17) is 4.74 Å². The van der Waals surface area contributed by atoms with Gasteiger partial charge >= 0.3 is 12.1 Å². The van der Waals surface area contributed by atoms with Crippen molar-refractivity contribution < 1.29 is 14.3 Å². The number of hydrogen-bond acceptors (Lipinski definition) is 4. The van der Waals surface area contributed by atoms with E-state index in [2.05, 4.69) is 4.98 Å². The Morgan fingerprint density at radius 3 is 2.52 bits per heavy atom. The molecule has 1 aliphatic heterocycles. The first-order chi connectivity index (χ1) is 13.6. The van der Waals surface area contributed by atoms with Crippen LogP contribution < -0.4 is 0 Å². The molecule has 1 aromatic carbocycles. The Bertz CT molecular complexity index is 876. The Morgan fingerprint density at radius 2 is 1.90 bits per heavy atom. The largest absolute Gasteiger partial charge is 0.444 e. The van der Waals surface area contributed by atoms with Gasteiger partial charge in [0.05, 0.1) is 5.69 Å². The first kappa shape index (κ1) is 20.9. The molecule has 0 aliphatic carbocycles. The summed E-state index contributed by atoms with van der Waals surface area (Å²) < 4.78 is 6.96. The number of piperidine rings is 1. The fourth-order valence-corrected chi connectivity index (χ4v) is 3.48. The first-order valence-electron chi connectivity index (χ1n) is 10.00. The van der Waals surface area contributed by atoms with E-state index in [1.54, 1.807) is 22.3 Å². The van der Waals surface area contributed by atoms with Crippen LogP contribution in [0.25, 0.3) is 11.3 Å². The molecule has 2 aromatic rings. The molecular formula is C22H30N4O3. The Labute approximate surface area is 172 Å². The van der Waals surface area contributed by atoms with Gasteiger partial charge in [0.25, 0.3) is 0 Å². The van der Waals surface area contributed by atoms with E-state index >= 15 is 0 Å². The van der Waals surface area contributed by atoms with Gasteiger partial charge in [-0.15, -0.1) is 0 Å². The molecule has 0 saturated carbocycles. The van der Waals surface area contributed by atoms with E-state index in [9.17, 15) is 9.59 Å². The predicted octanol–water partition coefficient (Wildman–Crippen LogP) is 4.16. The smallest absolute Gasteiger partial charge is 0.410 e. The van der Waals surface area contributed by atoms with Crippen LogP contribution in [0.2, 0.25) is 0 Å². The minimum absolute atomic E-state index is 0.0750. The zero-order valence-corrected chi connectivity index (χ0v) is 17.9. The number of hydrogen-bond donors (Lipinski definition) is 0. The Balaban J connectivity index is 1.60. The van der Waals surface area contributed by atoms with Crippen LogP contribution in [0.5, 0.6) is 0 Å². The maximum Gasteiger partial charge on any atom is 0.410 e. The second-order valence-corrected chi connectivity index (χ2v) is 8.63. The molecule has 1 fully saturated rings. The summed E-state index contributed by atoms with van der Waals surface area (Å²) in [6.45, 7) is 8.77. The van der Waals surface area contributed by atoms with E-state index in [1.165, 1.54) is 4.57 Å². The lowest BCUT2D eigenvalue weighted by atomic mass is 10.0. The third-order valence-corrected chi connectivity index (χ3v) is 5.08. The van der Waals surface area contributed by atoms with Gasteiger partial charge in [-0.3, -0.25) is 4.57 Å². The first-order valence-corrected chi connectivity index (χ1v) is 10.00. The zero-order chi connectivity index (χ0) is 21.2. The molecule has 0 unspecified atom stereocenters. The van der Waals surface area contributed by atoms with Crippen LogP contribution in [0.3, 0.4) is 0 Å². The van der Waals surface area contributed by atoms with E-state index in [-0.39, 0.29) is 18.2 Å². The highest BCUT2D eigenvalue weighted by Gasteiger charge is 2.30. The van der Waals surface area contributed by atoms with Gasteiger partial charge in [0.2, 0.25) is 0 Å². The number of ether oxygens (including phenoxy) is 1. The summed E-state index contributed by atoms with van der Waals surface area (Å²) in [6, 6.07) is 8.00. The summed E-state index contributed by atoms with van der Waals surface area (Å²) in [5.41, 5.74) is 2.41. The van der Waals surface area contributed by atoms with Gasteiger partial charge in [0.1, 0.15) is 11.9 Å². The van der Waals surface area contributed by atoms with Gasteiger partial charge in [-0.1, -0.05) is 23.8 Å². The van der Waals surface area contributed by atoms with Crippen LogP contribution in [0.4, 0.5) is 9.59 Å². The third-order valence-electron chi connectivity index (χ3n) is 5.08. The molecule has 1 aliphatic rings. The van der Waals surface area contributed by atoms with E-state index in [0.717, 1.165) is 29.7 Å². The fraction of sp³-hybridized carbons (Fsp3) is 0.500.